The Hall–Kier alpha value is -2.37. The molecular weight excluding hydrogens is 349 g/mol. The van der Waals surface area contributed by atoms with Gasteiger partial charge in [-0.25, -0.2) is 9.97 Å². The van der Waals surface area contributed by atoms with Gasteiger partial charge in [0.05, 0.1) is 10.0 Å². The number of aromatic nitrogens is 3. The monoisotopic (exact) mass is 361 g/mol. The van der Waals surface area contributed by atoms with E-state index in [1.165, 1.54) is 0 Å². The average molecular weight is 362 g/mol. The fraction of sp³-hybridized carbons (Fsp3) is 0.118. The molecule has 2 aromatic heterocycles. The molecule has 0 N–H and O–H groups in total. The second-order valence-corrected chi connectivity index (χ2v) is 5.67. The van der Waals surface area contributed by atoms with Crippen LogP contribution in [0.4, 0.5) is 0 Å². The zero-order valence-corrected chi connectivity index (χ0v) is 14.0. The predicted octanol–water partition coefficient (Wildman–Crippen LogP) is 4.34. The van der Waals surface area contributed by atoms with E-state index in [1.54, 1.807) is 36.9 Å². The van der Waals surface area contributed by atoms with Crippen LogP contribution in [0.5, 0.6) is 11.8 Å². The van der Waals surface area contributed by atoms with Crippen LogP contribution in [-0.4, -0.2) is 15.0 Å². The van der Waals surface area contributed by atoms with Gasteiger partial charge >= 0.3 is 0 Å². The lowest BCUT2D eigenvalue weighted by Gasteiger charge is -2.10. The minimum Gasteiger partial charge on any atom is -0.469 e. The van der Waals surface area contributed by atoms with Gasteiger partial charge in [-0.2, -0.15) is 0 Å². The lowest BCUT2D eigenvalue weighted by molar-refractivity contribution is 0.238. The van der Waals surface area contributed by atoms with Crippen molar-refractivity contribution in [1.29, 1.82) is 0 Å². The SMILES string of the molecule is Clc1ccc(COc2nccnc2OCc2cccnc2)cc1Cl. The van der Waals surface area contributed by atoms with Gasteiger partial charge in [0, 0.05) is 30.4 Å². The number of hydrogen-bond donors (Lipinski definition) is 0. The van der Waals surface area contributed by atoms with Gasteiger partial charge in [-0.05, 0) is 23.8 Å². The first-order chi connectivity index (χ1) is 11.7. The van der Waals surface area contributed by atoms with Crippen LogP contribution >= 0.6 is 23.2 Å². The third-order valence-corrected chi connectivity index (χ3v) is 3.83. The van der Waals surface area contributed by atoms with E-state index in [0.717, 1.165) is 11.1 Å². The quantitative estimate of drug-likeness (QED) is 0.653. The van der Waals surface area contributed by atoms with E-state index in [0.29, 0.717) is 28.4 Å². The molecule has 122 valence electrons. The van der Waals surface area contributed by atoms with Crippen molar-refractivity contribution < 1.29 is 9.47 Å². The minimum absolute atomic E-state index is 0.277. The summed E-state index contributed by atoms with van der Waals surface area (Å²) in [5.74, 6) is 0.633. The van der Waals surface area contributed by atoms with Crippen molar-refractivity contribution in [2.75, 3.05) is 0 Å². The molecule has 1 aromatic carbocycles. The van der Waals surface area contributed by atoms with E-state index in [2.05, 4.69) is 15.0 Å². The Labute approximate surface area is 149 Å². The molecule has 5 nitrogen and oxygen atoms in total. The summed E-state index contributed by atoms with van der Waals surface area (Å²) in [6.45, 7) is 0.606. The Morgan fingerprint density at radius 3 is 2.12 bits per heavy atom. The molecule has 0 amide bonds. The molecule has 0 unspecified atom stereocenters. The van der Waals surface area contributed by atoms with Crippen LogP contribution in [0.1, 0.15) is 11.1 Å². The summed E-state index contributed by atoms with van der Waals surface area (Å²) in [7, 11) is 0. The number of hydrogen-bond acceptors (Lipinski definition) is 5. The van der Waals surface area contributed by atoms with Crippen LogP contribution in [0.15, 0.2) is 55.1 Å². The van der Waals surface area contributed by atoms with Crippen molar-refractivity contribution in [2.24, 2.45) is 0 Å². The molecule has 0 bridgehead atoms. The van der Waals surface area contributed by atoms with Gasteiger partial charge in [0.25, 0.3) is 11.8 Å². The Morgan fingerprint density at radius 2 is 1.50 bits per heavy atom. The Balaban J connectivity index is 1.66. The van der Waals surface area contributed by atoms with Crippen LogP contribution < -0.4 is 9.47 Å². The largest absolute Gasteiger partial charge is 0.469 e. The lowest BCUT2D eigenvalue weighted by atomic mass is 10.2. The third-order valence-electron chi connectivity index (χ3n) is 3.09. The molecule has 0 aliphatic rings. The number of rotatable bonds is 6. The van der Waals surface area contributed by atoms with Gasteiger partial charge < -0.3 is 9.47 Å². The molecule has 0 saturated heterocycles. The number of halogens is 2. The summed E-state index contributed by atoms with van der Waals surface area (Å²) in [6, 6.07) is 9.06. The maximum atomic E-state index is 6.00. The topological polar surface area (TPSA) is 57.1 Å². The molecule has 0 aliphatic heterocycles. The van der Waals surface area contributed by atoms with Gasteiger partial charge in [0.2, 0.25) is 0 Å². The molecular formula is C17H13Cl2N3O2. The van der Waals surface area contributed by atoms with Crippen molar-refractivity contribution in [3.8, 4) is 11.8 Å². The fourth-order valence-electron chi connectivity index (χ4n) is 1.93. The highest BCUT2D eigenvalue weighted by atomic mass is 35.5. The Kier molecular flexibility index (Phi) is 5.46. The first-order valence-corrected chi connectivity index (χ1v) is 7.87. The van der Waals surface area contributed by atoms with Crippen LogP contribution in [0, 0.1) is 0 Å². The average Bonchev–Trinajstić information content (AvgIpc) is 2.62. The molecule has 24 heavy (non-hydrogen) atoms. The smallest absolute Gasteiger partial charge is 0.278 e. The maximum Gasteiger partial charge on any atom is 0.278 e. The summed E-state index contributed by atoms with van der Waals surface area (Å²) < 4.78 is 11.4. The van der Waals surface area contributed by atoms with Crippen molar-refractivity contribution in [2.45, 2.75) is 13.2 Å². The maximum absolute atomic E-state index is 6.00. The Bertz CT molecular complexity index is 816. The molecule has 0 aliphatic carbocycles. The van der Waals surface area contributed by atoms with Crippen LogP contribution in [0.3, 0.4) is 0 Å². The number of pyridine rings is 1. The number of ether oxygens (including phenoxy) is 2. The summed E-state index contributed by atoms with van der Waals surface area (Å²) in [5.41, 5.74) is 1.80. The predicted molar refractivity (Wildman–Crippen MR) is 91.4 cm³/mol. The van der Waals surface area contributed by atoms with Gasteiger partial charge in [-0.15, -0.1) is 0 Å². The van der Waals surface area contributed by atoms with Crippen molar-refractivity contribution in [3.05, 3.63) is 76.3 Å². The van der Waals surface area contributed by atoms with E-state index in [4.69, 9.17) is 32.7 Å². The molecule has 3 rings (SSSR count). The van der Waals surface area contributed by atoms with Crippen molar-refractivity contribution in [3.63, 3.8) is 0 Å². The summed E-state index contributed by atoms with van der Waals surface area (Å²) in [6.07, 6.45) is 6.52. The highest BCUT2D eigenvalue weighted by molar-refractivity contribution is 6.42. The first-order valence-electron chi connectivity index (χ1n) is 7.12. The zero-order chi connectivity index (χ0) is 16.8. The van der Waals surface area contributed by atoms with E-state index in [9.17, 15) is 0 Å². The van der Waals surface area contributed by atoms with Crippen LogP contribution in [0.25, 0.3) is 0 Å². The summed E-state index contributed by atoms with van der Waals surface area (Å²) >= 11 is 11.9. The highest BCUT2D eigenvalue weighted by Crippen LogP contribution is 2.25. The van der Waals surface area contributed by atoms with Gasteiger partial charge in [0.1, 0.15) is 13.2 Å². The molecule has 0 spiro atoms. The number of benzene rings is 1. The van der Waals surface area contributed by atoms with Gasteiger partial charge in [0.15, 0.2) is 0 Å². The molecule has 0 atom stereocenters. The summed E-state index contributed by atoms with van der Waals surface area (Å²) in [5, 5.41) is 0.977. The number of nitrogens with zero attached hydrogens (tertiary/aromatic N) is 3. The van der Waals surface area contributed by atoms with E-state index >= 15 is 0 Å². The van der Waals surface area contributed by atoms with Gasteiger partial charge in [-0.3, -0.25) is 4.98 Å². The van der Waals surface area contributed by atoms with Crippen molar-refractivity contribution >= 4 is 23.2 Å². The van der Waals surface area contributed by atoms with Crippen LogP contribution in [0.2, 0.25) is 10.0 Å². The zero-order valence-electron chi connectivity index (χ0n) is 12.5. The second-order valence-electron chi connectivity index (χ2n) is 4.85. The van der Waals surface area contributed by atoms with E-state index in [-0.39, 0.29) is 6.61 Å². The van der Waals surface area contributed by atoms with Gasteiger partial charge in [-0.1, -0.05) is 35.3 Å². The van der Waals surface area contributed by atoms with E-state index in [1.807, 2.05) is 18.2 Å². The second kappa shape index (κ2) is 7.95. The first kappa shape index (κ1) is 16.5. The molecule has 2 heterocycles. The molecule has 0 fully saturated rings. The minimum atomic E-state index is 0.277. The highest BCUT2D eigenvalue weighted by Gasteiger charge is 2.09. The molecule has 3 aromatic rings. The summed E-state index contributed by atoms with van der Waals surface area (Å²) in [4.78, 5) is 12.4. The Morgan fingerprint density at radius 1 is 0.792 bits per heavy atom. The molecule has 0 saturated carbocycles. The molecule has 0 radical (unpaired) electrons. The molecule has 7 heteroatoms. The fourth-order valence-corrected chi connectivity index (χ4v) is 2.25. The van der Waals surface area contributed by atoms with Crippen LogP contribution in [-0.2, 0) is 13.2 Å². The lowest BCUT2D eigenvalue weighted by Crippen LogP contribution is -2.03. The normalized spacial score (nSPS) is 10.4. The van der Waals surface area contributed by atoms with Crippen molar-refractivity contribution in [1.82, 2.24) is 15.0 Å². The standard InChI is InChI=1S/C17H13Cl2N3O2/c18-14-4-3-12(8-15(14)19)10-23-16-17(22-7-6-21-16)24-11-13-2-1-5-20-9-13/h1-9H,10-11H2. The third kappa shape index (κ3) is 4.34. The van der Waals surface area contributed by atoms with E-state index < -0.39 is 0 Å².